The number of nitrogens with zero attached hydrogens (tertiary/aromatic N) is 3. The lowest BCUT2D eigenvalue weighted by Crippen LogP contribution is -2.33. The number of rotatable bonds is 12. The van der Waals surface area contributed by atoms with Crippen molar-refractivity contribution >= 4 is 34.5 Å². The maximum atomic E-state index is 14.1. The lowest BCUT2D eigenvalue weighted by Gasteiger charge is -2.25. The van der Waals surface area contributed by atoms with Crippen LogP contribution in [0.5, 0.6) is 17.2 Å². The zero-order chi connectivity index (χ0) is 30.5. The number of benzene rings is 2. The van der Waals surface area contributed by atoms with Gasteiger partial charge in [0.15, 0.2) is 11.5 Å². The Morgan fingerprint density at radius 1 is 1.00 bits per heavy atom. The van der Waals surface area contributed by atoms with E-state index in [9.17, 15) is 4.79 Å². The van der Waals surface area contributed by atoms with E-state index in [2.05, 4.69) is 47.2 Å². The predicted molar refractivity (Wildman–Crippen MR) is 173 cm³/mol. The van der Waals surface area contributed by atoms with Crippen molar-refractivity contribution in [3.63, 3.8) is 0 Å². The summed E-state index contributed by atoms with van der Waals surface area (Å²) >= 11 is 8.38. The van der Waals surface area contributed by atoms with Gasteiger partial charge in [0.25, 0.3) is 5.91 Å². The average Bonchev–Trinajstić information content (AvgIpc) is 3.67. The van der Waals surface area contributed by atoms with Gasteiger partial charge < -0.3 is 23.5 Å². The van der Waals surface area contributed by atoms with Crippen LogP contribution in [0.15, 0.2) is 71.6 Å². The smallest absolute Gasteiger partial charge is 0.255 e. The molecule has 0 saturated carbocycles. The first-order valence-corrected chi connectivity index (χ1v) is 15.5. The van der Waals surface area contributed by atoms with Gasteiger partial charge in [0.2, 0.25) is 0 Å². The van der Waals surface area contributed by atoms with Crippen LogP contribution in [0.1, 0.15) is 47.6 Å². The van der Waals surface area contributed by atoms with E-state index in [0.717, 1.165) is 40.3 Å². The summed E-state index contributed by atoms with van der Waals surface area (Å²) in [7, 11) is 4.75. The van der Waals surface area contributed by atoms with Crippen molar-refractivity contribution in [1.82, 2.24) is 14.3 Å². The number of hydrogen-bond donors (Lipinski definition) is 0. The second kappa shape index (κ2) is 13.5. The SMILES string of the molecule is COc1ccc(-c2ccsc2)cc1Cc1c(CN(CCC(C)C)C(=O)c2ccc(OC)c(OC)c2Cl)nc2ccccn12. The van der Waals surface area contributed by atoms with E-state index in [1.165, 1.54) is 12.7 Å². The normalized spacial score (nSPS) is 11.2. The maximum Gasteiger partial charge on any atom is 0.255 e. The van der Waals surface area contributed by atoms with Crippen LogP contribution < -0.4 is 14.2 Å². The Labute approximate surface area is 261 Å². The fraction of sp³-hybridized carbons (Fsp3) is 0.294. The van der Waals surface area contributed by atoms with Crippen LogP contribution in [-0.2, 0) is 13.0 Å². The van der Waals surface area contributed by atoms with E-state index >= 15 is 0 Å². The number of fused-ring (bicyclic) bond motifs is 1. The molecule has 5 rings (SSSR count). The molecule has 0 saturated heterocycles. The molecule has 1 amide bonds. The highest BCUT2D eigenvalue weighted by molar-refractivity contribution is 7.08. The summed E-state index contributed by atoms with van der Waals surface area (Å²) < 4.78 is 18.8. The van der Waals surface area contributed by atoms with E-state index in [4.69, 9.17) is 30.8 Å². The van der Waals surface area contributed by atoms with Gasteiger partial charge in [-0.3, -0.25) is 4.79 Å². The summed E-state index contributed by atoms with van der Waals surface area (Å²) in [5.41, 5.74) is 6.34. The Hall–Kier alpha value is -4.01. The molecule has 7 nitrogen and oxygen atoms in total. The first kappa shape index (κ1) is 30.4. The highest BCUT2D eigenvalue weighted by Crippen LogP contribution is 2.38. The van der Waals surface area contributed by atoms with Gasteiger partial charge in [-0.25, -0.2) is 4.98 Å². The summed E-state index contributed by atoms with van der Waals surface area (Å²) in [5.74, 6) is 1.83. The van der Waals surface area contributed by atoms with Crippen molar-refractivity contribution in [2.24, 2.45) is 5.92 Å². The summed E-state index contributed by atoms with van der Waals surface area (Å²) in [4.78, 5) is 20.9. The summed E-state index contributed by atoms with van der Waals surface area (Å²) in [6.07, 6.45) is 3.42. The maximum absolute atomic E-state index is 14.1. The minimum absolute atomic E-state index is 0.188. The van der Waals surface area contributed by atoms with Crippen molar-refractivity contribution in [3.05, 3.63) is 99.1 Å². The van der Waals surface area contributed by atoms with Gasteiger partial charge in [-0.15, -0.1) is 0 Å². The Balaban J connectivity index is 1.56. The van der Waals surface area contributed by atoms with E-state index in [0.29, 0.717) is 42.5 Å². The number of pyridine rings is 1. The Bertz CT molecular complexity index is 1710. The van der Waals surface area contributed by atoms with E-state index < -0.39 is 0 Å². The molecule has 0 aliphatic carbocycles. The molecule has 0 N–H and O–H groups in total. The fourth-order valence-corrected chi connectivity index (χ4v) is 6.17. The van der Waals surface area contributed by atoms with Crippen molar-refractivity contribution in [2.45, 2.75) is 33.2 Å². The fourth-order valence-electron chi connectivity index (χ4n) is 5.19. The number of imidazole rings is 1. The number of aromatic nitrogens is 2. The second-order valence-corrected chi connectivity index (χ2v) is 11.9. The molecule has 0 aliphatic rings. The molecule has 0 fully saturated rings. The molecule has 0 spiro atoms. The quantitative estimate of drug-likeness (QED) is 0.142. The van der Waals surface area contributed by atoms with Gasteiger partial charge >= 0.3 is 0 Å². The monoisotopic (exact) mass is 617 g/mol. The molecular formula is C34H36ClN3O4S. The lowest BCUT2D eigenvalue weighted by molar-refractivity contribution is 0.0733. The Morgan fingerprint density at radius 2 is 1.79 bits per heavy atom. The van der Waals surface area contributed by atoms with E-state index in [-0.39, 0.29) is 10.9 Å². The number of hydrogen-bond acceptors (Lipinski definition) is 6. The molecule has 0 unspecified atom stereocenters. The average molecular weight is 618 g/mol. The number of carbonyl (C=O) groups is 1. The molecule has 0 atom stereocenters. The highest BCUT2D eigenvalue weighted by atomic mass is 35.5. The third-order valence-electron chi connectivity index (χ3n) is 7.52. The molecule has 0 bridgehead atoms. The van der Waals surface area contributed by atoms with Crippen molar-refractivity contribution < 1.29 is 19.0 Å². The van der Waals surface area contributed by atoms with Gasteiger partial charge in [-0.2, -0.15) is 11.3 Å². The molecule has 5 aromatic rings. The molecule has 0 radical (unpaired) electrons. The van der Waals surface area contributed by atoms with Gasteiger partial charge in [0, 0.05) is 24.7 Å². The van der Waals surface area contributed by atoms with Gasteiger partial charge in [-0.05, 0) is 76.7 Å². The minimum Gasteiger partial charge on any atom is -0.496 e. The number of amides is 1. The molecule has 2 aromatic carbocycles. The number of halogens is 1. The number of thiophene rings is 1. The lowest BCUT2D eigenvalue weighted by atomic mass is 10.0. The zero-order valence-electron chi connectivity index (χ0n) is 25.1. The molecule has 0 aliphatic heterocycles. The first-order chi connectivity index (χ1) is 20.8. The molecule has 3 heterocycles. The first-order valence-electron chi connectivity index (χ1n) is 14.2. The van der Waals surface area contributed by atoms with Crippen molar-refractivity contribution in [2.75, 3.05) is 27.9 Å². The Kier molecular flexibility index (Phi) is 9.58. The van der Waals surface area contributed by atoms with Crippen LogP contribution in [0.25, 0.3) is 16.8 Å². The van der Waals surface area contributed by atoms with Crippen LogP contribution in [0.4, 0.5) is 0 Å². The topological polar surface area (TPSA) is 65.3 Å². The number of carbonyl (C=O) groups excluding carboxylic acids is 1. The van der Waals surface area contributed by atoms with Crippen LogP contribution in [0.2, 0.25) is 5.02 Å². The third kappa shape index (κ3) is 6.50. The number of ether oxygens (including phenoxy) is 3. The van der Waals surface area contributed by atoms with Crippen molar-refractivity contribution in [3.8, 4) is 28.4 Å². The molecular weight excluding hydrogens is 582 g/mol. The van der Waals surface area contributed by atoms with Gasteiger partial charge in [-0.1, -0.05) is 37.6 Å². The molecule has 224 valence electrons. The zero-order valence-corrected chi connectivity index (χ0v) is 26.7. The van der Waals surface area contributed by atoms with Crippen molar-refractivity contribution in [1.29, 1.82) is 0 Å². The largest absolute Gasteiger partial charge is 0.496 e. The van der Waals surface area contributed by atoms with Crippen LogP contribution in [0.3, 0.4) is 0 Å². The molecule has 3 aromatic heterocycles. The summed E-state index contributed by atoms with van der Waals surface area (Å²) in [5, 5.41) is 4.45. The van der Waals surface area contributed by atoms with E-state index in [1.54, 1.807) is 37.7 Å². The molecule has 43 heavy (non-hydrogen) atoms. The molecule has 9 heteroatoms. The minimum atomic E-state index is -0.188. The van der Waals surface area contributed by atoms with Gasteiger partial charge in [0.1, 0.15) is 11.4 Å². The number of methoxy groups -OCH3 is 3. The van der Waals surface area contributed by atoms with Crippen LogP contribution >= 0.6 is 22.9 Å². The summed E-state index contributed by atoms with van der Waals surface area (Å²) in [6.45, 7) is 5.16. The Morgan fingerprint density at radius 3 is 2.49 bits per heavy atom. The van der Waals surface area contributed by atoms with Crippen LogP contribution in [-0.4, -0.2) is 48.1 Å². The van der Waals surface area contributed by atoms with Gasteiger partial charge in [0.05, 0.1) is 49.8 Å². The highest BCUT2D eigenvalue weighted by Gasteiger charge is 2.26. The van der Waals surface area contributed by atoms with E-state index in [1.807, 2.05) is 35.4 Å². The third-order valence-corrected chi connectivity index (χ3v) is 8.58. The predicted octanol–water partition coefficient (Wildman–Crippen LogP) is 8.02. The summed E-state index contributed by atoms with van der Waals surface area (Å²) in [6, 6.07) is 17.7. The van der Waals surface area contributed by atoms with Crippen LogP contribution in [0, 0.1) is 5.92 Å². The standard InChI is InChI=1S/C34H36ClN3O4S/c1-22(2)13-16-37(34(39)26-10-12-30(41-4)33(42-5)32(26)35)20-27-28(38-15-7-6-8-31(38)36-27)19-25-18-23(9-11-29(25)40-3)24-14-17-43-21-24/h6-12,14-15,17-18,21-22H,13,16,19-20H2,1-5H3. The second-order valence-electron chi connectivity index (χ2n) is 10.7.